The van der Waals surface area contributed by atoms with Crippen molar-refractivity contribution in [3.8, 4) is 0 Å². The molecule has 0 aromatic carbocycles. The van der Waals surface area contributed by atoms with Gasteiger partial charge < -0.3 is 5.32 Å². The van der Waals surface area contributed by atoms with E-state index < -0.39 is 0 Å². The molecule has 2 aliphatic rings. The maximum absolute atomic E-state index is 11.7. The van der Waals surface area contributed by atoms with Crippen molar-refractivity contribution in [2.24, 2.45) is 5.92 Å². The molecule has 2 amide bonds. The smallest absolute Gasteiger partial charge is 0.323 e. The lowest BCUT2D eigenvalue weighted by atomic mass is 10.2. The molecule has 0 unspecified atom stereocenters. The molecule has 84 valence electrons. The average molecular weight is 239 g/mol. The van der Waals surface area contributed by atoms with E-state index in [0.29, 0.717) is 18.3 Å². The van der Waals surface area contributed by atoms with Crippen molar-refractivity contribution in [2.45, 2.75) is 18.9 Å². The van der Waals surface area contributed by atoms with Crippen LogP contribution in [-0.2, 0) is 0 Å². The van der Waals surface area contributed by atoms with Crippen LogP contribution in [0, 0.1) is 5.92 Å². The van der Waals surface area contributed by atoms with Crippen LogP contribution in [0.3, 0.4) is 0 Å². The van der Waals surface area contributed by atoms with Gasteiger partial charge in [-0.05, 0) is 36.4 Å². The molecule has 1 aliphatic heterocycles. The number of hydrogen-bond acceptors (Lipinski definition) is 3. The fourth-order valence-corrected chi connectivity index (χ4v) is 2.25. The summed E-state index contributed by atoms with van der Waals surface area (Å²) in [4.78, 5) is 21.3. The molecule has 1 aromatic heterocycles. The summed E-state index contributed by atoms with van der Waals surface area (Å²) in [5, 5.41) is 3.02. The molecule has 6 heteroatoms. The minimum atomic E-state index is -0.0910. The molecule has 1 saturated heterocycles. The van der Waals surface area contributed by atoms with Gasteiger partial charge in [-0.15, -0.1) is 0 Å². The van der Waals surface area contributed by atoms with Crippen LogP contribution in [0.5, 0.6) is 0 Å². The number of urea groups is 1. The first-order valence-electron chi connectivity index (χ1n) is 5.31. The highest BCUT2D eigenvalue weighted by atomic mass is 35.5. The van der Waals surface area contributed by atoms with Crippen LogP contribution in [0.25, 0.3) is 0 Å². The van der Waals surface area contributed by atoms with Crippen LogP contribution in [0.1, 0.15) is 12.8 Å². The summed E-state index contributed by atoms with van der Waals surface area (Å²) in [5.41, 5.74) is 0. The van der Waals surface area contributed by atoms with Gasteiger partial charge in [0.2, 0.25) is 5.28 Å². The van der Waals surface area contributed by atoms with Gasteiger partial charge in [0.1, 0.15) is 5.82 Å². The zero-order valence-corrected chi connectivity index (χ0v) is 9.31. The van der Waals surface area contributed by atoms with E-state index in [1.165, 1.54) is 12.8 Å². The second-order valence-electron chi connectivity index (χ2n) is 4.14. The standard InChI is InChI=1S/C10H11ClN4O/c11-9-12-4-3-8(14-9)15-7(6-1-2-6)5-13-10(15)16/h3-4,6-7H,1-2,5H2,(H,13,16)/t7-/m1/s1. The molecule has 0 bridgehead atoms. The number of rotatable bonds is 2. The highest BCUT2D eigenvalue weighted by Crippen LogP contribution is 2.38. The first-order valence-corrected chi connectivity index (χ1v) is 5.69. The molecule has 1 aliphatic carbocycles. The second-order valence-corrected chi connectivity index (χ2v) is 4.48. The molecule has 5 nitrogen and oxygen atoms in total. The van der Waals surface area contributed by atoms with Gasteiger partial charge in [-0.1, -0.05) is 0 Å². The zero-order valence-electron chi connectivity index (χ0n) is 8.56. The summed E-state index contributed by atoms with van der Waals surface area (Å²) in [5.74, 6) is 1.19. The van der Waals surface area contributed by atoms with E-state index >= 15 is 0 Å². The van der Waals surface area contributed by atoms with Gasteiger partial charge >= 0.3 is 6.03 Å². The number of halogens is 1. The van der Waals surface area contributed by atoms with Crippen molar-refractivity contribution in [1.82, 2.24) is 15.3 Å². The Labute approximate surface area is 97.8 Å². The van der Waals surface area contributed by atoms with E-state index in [-0.39, 0.29) is 17.4 Å². The number of carbonyl (C=O) groups excluding carboxylic acids is 1. The van der Waals surface area contributed by atoms with Crippen molar-refractivity contribution in [3.05, 3.63) is 17.5 Å². The number of hydrogen-bond donors (Lipinski definition) is 1. The third-order valence-corrected chi connectivity index (χ3v) is 3.22. The Hall–Kier alpha value is -1.36. The molecule has 1 atom stereocenters. The molecular weight excluding hydrogens is 228 g/mol. The van der Waals surface area contributed by atoms with Gasteiger partial charge in [-0.2, -0.15) is 0 Å². The molecule has 16 heavy (non-hydrogen) atoms. The number of aromatic nitrogens is 2. The van der Waals surface area contributed by atoms with Gasteiger partial charge in [0, 0.05) is 12.7 Å². The van der Waals surface area contributed by atoms with Crippen LogP contribution in [0.4, 0.5) is 10.6 Å². The largest absolute Gasteiger partial charge is 0.336 e. The number of nitrogens with one attached hydrogen (secondary N) is 1. The lowest BCUT2D eigenvalue weighted by Crippen LogP contribution is -2.36. The van der Waals surface area contributed by atoms with E-state index in [9.17, 15) is 4.79 Å². The van der Waals surface area contributed by atoms with Crippen LogP contribution < -0.4 is 10.2 Å². The molecule has 1 saturated carbocycles. The Morgan fingerprint density at radius 3 is 3.00 bits per heavy atom. The SMILES string of the molecule is O=C1NC[C@H](C2CC2)N1c1ccnc(Cl)n1. The van der Waals surface area contributed by atoms with Crippen molar-refractivity contribution in [1.29, 1.82) is 0 Å². The van der Waals surface area contributed by atoms with Gasteiger partial charge in [0.25, 0.3) is 0 Å². The third-order valence-electron chi connectivity index (χ3n) is 3.04. The van der Waals surface area contributed by atoms with E-state index in [4.69, 9.17) is 11.6 Å². The maximum atomic E-state index is 11.7. The minimum absolute atomic E-state index is 0.0910. The lowest BCUT2D eigenvalue weighted by molar-refractivity contribution is 0.251. The zero-order chi connectivity index (χ0) is 11.1. The van der Waals surface area contributed by atoms with E-state index in [2.05, 4.69) is 15.3 Å². The van der Waals surface area contributed by atoms with Crippen LogP contribution in [0.15, 0.2) is 12.3 Å². The topological polar surface area (TPSA) is 58.1 Å². The summed E-state index contributed by atoms with van der Waals surface area (Å²) >= 11 is 5.73. The van der Waals surface area contributed by atoms with Gasteiger partial charge in [-0.25, -0.2) is 14.8 Å². The minimum Gasteiger partial charge on any atom is -0.336 e. The Bertz CT molecular complexity index is 435. The summed E-state index contributed by atoms with van der Waals surface area (Å²) in [6.45, 7) is 0.700. The quantitative estimate of drug-likeness (QED) is 0.794. The van der Waals surface area contributed by atoms with Crippen molar-refractivity contribution >= 4 is 23.4 Å². The molecular formula is C10H11ClN4O. The Morgan fingerprint density at radius 1 is 1.50 bits per heavy atom. The molecule has 0 radical (unpaired) electrons. The molecule has 1 aromatic rings. The highest BCUT2D eigenvalue weighted by molar-refractivity contribution is 6.28. The Kier molecular flexibility index (Phi) is 2.21. The summed E-state index contributed by atoms with van der Waals surface area (Å²) in [6.07, 6.45) is 3.95. The maximum Gasteiger partial charge on any atom is 0.323 e. The van der Waals surface area contributed by atoms with E-state index in [0.717, 1.165) is 0 Å². The summed E-state index contributed by atoms with van der Waals surface area (Å²) < 4.78 is 0. The third kappa shape index (κ3) is 1.61. The average Bonchev–Trinajstić information content (AvgIpc) is 3.02. The van der Waals surface area contributed by atoms with Gasteiger partial charge in [0.05, 0.1) is 6.04 Å². The van der Waals surface area contributed by atoms with Crippen molar-refractivity contribution in [2.75, 3.05) is 11.4 Å². The Morgan fingerprint density at radius 2 is 2.31 bits per heavy atom. The summed E-state index contributed by atoms with van der Waals surface area (Å²) in [6, 6.07) is 1.84. The predicted molar refractivity (Wildman–Crippen MR) is 59.4 cm³/mol. The highest BCUT2D eigenvalue weighted by Gasteiger charge is 2.42. The Balaban J connectivity index is 1.93. The molecule has 2 heterocycles. The van der Waals surface area contributed by atoms with Crippen molar-refractivity contribution < 1.29 is 4.79 Å². The summed E-state index contributed by atoms with van der Waals surface area (Å²) in [7, 11) is 0. The number of nitrogens with zero attached hydrogens (tertiary/aromatic N) is 3. The van der Waals surface area contributed by atoms with E-state index in [1.54, 1.807) is 17.2 Å². The monoisotopic (exact) mass is 238 g/mol. The fourth-order valence-electron chi connectivity index (χ4n) is 2.11. The normalized spacial score (nSPS) is 24.7. The van der Waals surface area contributed by atoms with Crippen molar-refractivity contribution in [3.63, 3.8) is 0 Å². The lowest BCUT2D eigenvalue weighted by Gasteiger charge is -2.21. The first-order chi connectivity index (χ1) is 7.75. The second kappa shape index (κ2) is 3.59. The first kappa shape index (κ1) is 9.84. The molecule has 0 spiro atoms. The van der Waals surface area contributed by atoms with Gasteiger partial charge in [0.15, 0.2) is 0 Å². The molecule has 1 N–H and O–H groups in total. The van der Waals surface area contributed by atoms with Gasteiger partial charge in [-0.3, -0.25) is 4.90 Å². The van der Waals surface area contributed by atoms with E-state index in [1.807, 2.05) is 0 Å². The molecule has 2 fully saturated rings. The van der Waals surface area contributed by atoms with Crippen LogP contribution in [-0.4, -0.2) is 28.6 Å². The number of carbonyl (C=O) groups is 1. The molecule has 3 rings (SSSR count). The predicted octanol–water partition coefficient (Wildman–Crippen LogP) is 1.44. The fraction of sp³-hybridized carbons (Fsp3) is 0.500. The van der Waals surface area contributed by atoms with Crippen LogP contribution >= 0.6 is 11.6 Å². The van der Waals surface area contributed by atoms with Crippen LogP contribution in [0.2, 0.25) is 5.28 Å². The number of anilines is 1. The number of amides is 2.